The molecule has 2 fully saturated rings. The van der Waals surface area contributed by atoms with Gasteiger partial charge in [-0.05, 0) is 45.6 Å². The van der Waals surface area contributed by atoms with Crippen molar-refractivity contribution >= 4 is 0 Å². The average molecular weight is 268 g/mol. The third kappa shape index (κ3) is 3.93. The van der Waals surface area contributed by atoms with Crippen LogP contribution in [0, 0.1) is 5.92 Å². The molecule has 1 saturated carbocycles. The van der Waals surface area contributed by atoms with Crippen LogP contribution in [0.15, 0.2) is 0 Å². The first-order valence-corrected chi connectivity index (χ1v) is 8.26. The summed E-state index contributed by atoms with van der Waals surface area (Å²) < 4.78 is 5.89. The van der Waals surface area contributed by atoms with Gasteiger partial charge < -0.3 is 10.1 Å². The second kappa shape index (κ2) is 7.05. The number of rotatable bonds is 4. The molecule has 1 saturated heterocycles. The van der Waals surface area contributed by atoms with Crippen LogP contribution in [0.2, 0.25) is 0 Å². The molecule has 0 aromatic rings. The normalized spacial score (nSPS) is 41.4. The Balaban J connectivity index is 2.03. The summed E-state index contributed by atoms with van der Waals surface area (Å²) in [5.41, 5.74) is 0. The van der Waals surface area contributed by atoms with E-state index in [1.165, 1.54) is 25.7 Å². The van der Waals surface area contributed by atoms with Crippen LogP contribution in [0.3, 0.4) is 0 Å². The highest BCUT2D eigenvalue weighted by atomic mass is 16.5. The van der Waals surface area contributed by atoms with Gasteiger partial charge in [0.1, 0.15) is 0 Å². The molecule has 1 aliphatic carbocycles. The second-order valence-corrected chi connectivity index (χ2v) is 6.53. The predicted octanol–water partition coefficient (Wildman–Crippen LogP) is 2.65. The van der Waals surface area contributed by atoms with E-state index in [2.05, 4.69) is 37.9 Å². The Morgan fingerprint density at radius 1 is 1.11 bits per heavy atom. The van der Waals surface area contributed by atoms with Gasteiger partial charge in [0.15, 0.2) is 0 Å². The van der Waals surface area contributed by atoms with Gasteiger partial charge in [0, 0.05) is 25.2 Å². The number of nitrogens with zero attached hydrogens (tertiary/aromatic N) is 1. The van der Waals surface area contributed by atoms with Crippen LogP contribution >= 0.6 is 0 Å². The van der Waals surface area contributed by atoms with Crippen LogP contribution < -0.4 is 5.32 Å². The SMILES string of the molecule is CCNC1CCC(CC)CC1N1CC(C)OC(C)C1. The maximum atomic E-state index is 5.89. The molecule has 0 radical (unpaired) electrons. The number of morpholine rings is 1. The standard InChI is InChI=1S/C16H32N2O/c1-5-14-7-8-15(17-6-2)16(9-14)18-10-12(3)19-13(4)11-18/h12-17H,5-11H2,1-4H3. The number of hydrogen-bond donors (Lipinski definition) is 1. The lowest BCUT2D eigenvalue weighted by atomic mass is 9.80. The first kappa shape index (κ1) is 15.3. The molecule has 1 N–H and O–H groups in total. The zero-order chi connectivity index (χ0) is 13.8. The largest absolute Gasteiger partial charge is 0.373 e. The van der Waals surface area contributed by atoms with Gasteiger partial charge in [-0.1, -0.05) is 20.3 Å². The summed E-state index contributed by atoms with van der Waals surface area (Å²) in [6.45, 7) is 12.3. The molecule has 19 heavy (non-hydrogen) atoms. The zero-order valence-corrected chi connectivity index (χ0v) is 13.2. The fraction of sp³-hybridized carbons (Fsp3) is 1.00. The van der Waals surface area contributed by atoms with E-state index in [1.807, 2.05) is 0 Å². The van der Waals surface area contributed by atoms with E-state index in [1.54, 1.807) is 0 Å². The molecule has 5 unspecified atom stereocenters. The van der Waals surface area contributed by atoms with Gasteiger partial charge in [0.05, 0.1) is 12.2 Å². The maximum Gasteiger partial charge on any atom is 0.0678 e. The van der Waals surface area contributed by atoms with E-state index in [0.717, 1.165) is 25.6 Å². The Hall–Kier alpha value is -0.120. The Morgan fingerprint density at radius 3 is 2.37 bits per heavy atom. The van der Waals surface area contributed by atoms with Gasteiger partial charge in [-0.25, -0.2) is 0 Å². The summed E-state index contributed by atoms with van der Waals surface area (Å²) >= 11 is 0. The summed E-state index contributed by atoms with van der Waals surface area (Å²) in [6, 6.07) is 1.40. The molecular formula is C16H32N2O. The summed E-state index contributed by atoms with van der Waals surface area (Å²) in [5, 5.41) is 3.72. The molecule has 3 nitrogen and oxygen atoms in total. The van der Waals surface area contributed by atoms with Gasteiger partial charge in [0.25, 0.3) is 0 Å². The summed E-state index contributed by atoms with van der Waals surface area (Å²) in [4.78, 5) is 2.70. The number of likely N-dealkylation sites (N-methyl/N-ethyl adjacent to an activating group) is 1. The highest BCUT2D eigenvalue weighted by Crippen LogP contribution is 2.31. The van der Waals surface area contributed by atoms with Crippen molar-refractivity contribution in [2.24, 2.45) is 5.92 Å². The van der Waals surface area contributed by atoms with Gasteiger partial charge in [-0.2, -0.15) is 0 Å². The van der Waals surface area contributed by atoms with Crippen LogP contribution in [0.5, 0.6) is 0 Å². The minimum atomic E-state index is 0.382. The van der Waals surface area contributed by atoms with E-state index >= 15 is 0 Å². The Labute approximate surface area is 119 Å². The highest BCUT2D eigenvalue weighted by molar-refractivity contribution is 4.93. The lowest BCUT2D eigenvalue weighted by Gasteiger charge is -2.47. The molecule has 5 atom stereocenters. The van der Waals surface area contributed by atoms with Crippen molar-refractivity contribution in [3.63, 3.8) is 0 Å². The van der Waals surface area contributed by atoms with E-state index in [9.17, 15) is 0 Å². The number of ether oxygens (including phenoxy) is 1. The van der Waals surface area contributed by atoms with Gasteiger partial charge in [-0.3, -0.25) is 4.90 Å². The third-order valence-electron chi connectivity index (χ3n) is 4.89. The Morgan fingerprint density at radius 2 is 1.79 bits per heavy atom. The molecule has 1 aliphatic heterocycles. The van der Waals surface area contributed by atoms with Crippen LogP contribution in [-0.2, 0) is 4.74 Å². The molecule has 2 aliphatic rings. The van der Waals surface area contributed by atoms with Crippen molar-refractivity contribution < 1.29 is 4.74 Å². The average Bonchev–Trinajstić information content (AvgIpc) is 2.38. The third-order valence-corrected chi connectivity index (χ3v) is 4.89. The molecule has 112 valence electrons. The monoisotopic (exact) mass is 268 g/mol. The second-order valence-electron chi connectivity index (χ2n) is 6.53. The summed E-state index contributed by atoms with van der Waals surface area (Å²) in [7, 11) is 0. The minimum absolute atomic E-state index is 0.382. The first-order chi connectivity index (χ1) is 9.13. The highest BCUT2D eigenvalue weighted by Gasteiger charge is 2.36. The van der Waals surface area contributed by atoms with Crippen LogP contribution in [0.4, 0.5) is 0 Å². The van der Waals surface area contributed by atoms with E-state index in [-0.39, 0.29) is 0 Å². The molecular weight excluding hydrogens is 236 g/mol. The summed E-state index contributed by atoms with van der Waals surface area (Å²) in [5.74, 6) is 0.924. The zero-order valence-electron chi connectivity index (χ0n) is 13.2. The lowest BCUT2D eigenvalue weighted by Crippen LogP contribution is -2.58. The maximum absolute atomic E-state index is 5.89. The van der Waals surface area contributed by atoms with Crippen molar-refractivity contribution in [2.45, 2.75) is 77.7 Å². The summed E-state index contributed by atoms with van der Waals surface area (Å²) in [6.07, 6.45) is 6.22. The van der Waals surface area contributed by atoms with Crippen molar-refractivity contribution in [1.29, 1.82) is 0 Å². The van der Waals surface area contributed by atoms with E-state index in [0.29, 0.717) is 24.3 Å². The smallest absolute Gasteiger partial charge is 0.0678 e. The van der Waals surface area contributed by atoms with Crippen LogP contribution in [-0.4, -0.2) is 48.8 Å². The van der Waals surface area contributed by atoms with Gasteiger partial charge >= 0.3 is 0 Å². The van der Waals surface area contributed by atoms with E-state index in [4.69, 9.17) is 4.74 Å². The molecule has 2 rings (SSSR count). The molecule has 1 heterocycles. The van der Waals surface area contributed by atoms with Crippen molar-refractivity contribution in [1.82, 2.24) is 10.2 Å². The molecule has 0 amide bonds. The fourth-order valence-electron chi connectivity index (χ4n) is 3.99. The fourth-order valence-corrected chi connectivity index (χ4v) is 3.99. The Bertz CT molecular complexity index is 261. The van der Waals surface area contributed by atoms with Gasteiger partial charge in [0.2, 0.25) is 0 Å². The molecule has 0 aromatic heterocycles. The molecule has 0 aromatic carbocycles. The molecule has 0 bridgehead atoms. The quantitative estimate of drug-likeness (QED) is 0.848. The van der Waals surface area contributed by atoms with Gasteiger partial charge in [-0.15, -0.1) is 0 Å². The number of hydrogen-bond acceptors (Lipinski definition) is 3. The predicted molar refractivity (Wildman–Crippen MR) is 80.5 cm³/mol. The lowest BCUT2D eigenvalue weighted by molar-refractivity contribution is -0.0905. The molecule has 0 spiro atoms. The minimum Gasteiger partial charge on any atom is -0.373 e. The topological polar surface area (TPSA) is 24.5 Å². The van der Waals surface area contributed by atoms with Crippen LogP contribution in [0.1, 0.15) is 53.4 Å². The molecule has 3 heteroatoms. The number of nitrogens with one attached hydrogen (secondary N) is 1. The van der Waals surface area contributed by atoms with Crippen molar-refractivity contribution in [3.05, 3.63) is 0 Å². The van der Waals surface area contributed by atoms with Crippen molar-refractivity contribution in [3.8, 4) is 0 Å². The first-order valence-electron chi connectivity index (χ1n) is 8.26. The van der Waals surface area contributed by atoms with Crippen molar-refractivity contribution in [2.75, 3.05) is 19.6 Å². The van der Waals surface area contributed by atoms with E-state index < -0.39 is 0 Å². The van der Waals surface area contributed by atoms with Crippen LogP contribution in [0.25, 0.3) is 0 Å². The Kier molecular flexibility index (Phi) is 5.67.